The van der Waals surface area contributed by atoms with Gasteiger partial charge in [-0.15, -0.1) is 0 Å². The third-order valence-electron chi connectivity index (χ3n) is 5.22. The first-order valence-electron chi connectivity index (χ1n) is 8.87. The van der Waals surface area contributed by atoms with E-state index in [0.717, 1.165) is 37.3 Å². The van der Waals surface area contributed by atoms with Gasteiger partial charge in [0.1, 0.15) is 11.5 Å². The van der Waals surface area contributed by atoms with E-state index in [2.05, 4.69) is 10.3 Å². The van der Waals surface area contributed by atoms with Crippen LogP contribution in [0.25, 0.3) is 0 Å². The maximum absolute atomic E-state index is 12.8. The van der Waals surface area contributed by atoms with Crippen LogP contribution in [0.2, 0.25) is 0 Å². The Hall–Kier alpha value is -2.34. The highest BCUT2D eigenvalue weighted by molar-refractivity contribution is 5.92. The predicted octanol–water partition coefficient (Wildman–Crippen LogP) is 2.30. The molecule has 2 aliphatic heterocycles. The molecule has 2 aromatic rings. The van der Waals surface area contributed by atoms with Crippen molar-refractivity contribution in [2.45, 2.75) is 30.9 Å². The largest absolute Gasteiger partial charge is 0.371 e. The highest BCUT2D eigenvalue weighted by Crippen LogP contribution is 2.36. The summed E-state index contributed by atoms with van der Waals surface area (Å²) in [6.07, 6.45) is 6.58. The molecule has 2 aromatic heterocycles. The van der Waals surface area contributed by atoms with Gasteiger partial charge < -0.3 is 19.5 Å². The Labute approximate surface area is 147 Å². The van der Waals surface area contributed by atoms with Crippen LogP contribution in [-0.2, 0) is 11.8 Å². The van der Waals surface area contributed by atoms with Crippen molar-refractivity contribution in [3.05, 3.63) is 48.4 Å². The number of likely N-dealkylation sites (tertiary alicyclic amines) is 1. The van der Waals surface area contributed by atoms with Crippen LogP contribution in [0.15, 0.2) is 42.7 Å². The number of hydrogen-bond acceptors (Lipinski definition) is 4. The van der Waals surface area contributed by atoms with Crippen LogP contribution in [0, 0.1) is 0 Å². The van der Waals surface area contributed by atoms with Crippen molar-refractivity contribution in [1.82, 2.24) is 14.5 Å². The van der Waals surface area contributed by atoms with Crippen LogP contribution < -0.4 is 5.32 Å². The second-order valence-corrected chi connectivity index (χ2v) is 7.09. The molecule has 2 atom stereocenters. The van der Waals surface area contributed by atoms with E-state index in [1.165, 1.54) is 0 Å². The second kappa shape index (κ2) is 6.52. The van der Waals surface area contributed by atoms with E-state index in [-0.39, 0.29) is 17.6 Å². The van der Waals surface area contributed by atoms with Crippen molar-refractivity contribution in [2.75, 3.05) is 25.0 Å². The van der Waals surface area contributed by atoms with Gasteiger partial charge >= 0.3 is 0 Å². The monoisotopic (exact) mass is 340 g/mol. The molecule has 4 rings (SSSR count). The normalized spacial score (nSPS) is 26.1. The SMILES string of the molecule is Cn1cccc1C(=O)N1CCCC2(CC(Nc3ccccn3)CO2)C1. The third-order valence-corrected chi connectivity index (χ3v) is 5.22. The summed E-state index contributed by atoms with van der Waals surface area (Å²) in [7, 11) is 1.91. The van der Waals surface area contributed by atoms with Crippen molar-refractivity contribution in [3.8, 4) is 0 Å². The zero-order valence-electron chi connectivity index (χ0n) is 14.5. The van der Waals surface area contributed by atoms with Crippen LogP contribution >= 0.6 is 0 Å². The fraction of sp³-hybridized carbons (Fsp3) is 0.474. The quantitative estimate of drug-likeness (QED) is 0.931. The minimum atomic E-state index is -0.231. The summed E-state index contributed by atoms with van der Waals surface area (Å²) in [5, 5.41) is 3.45. The molecule has 1 N–H and O–H groups in total. The maximum atomic E-state index is 12.8. The number of nitrogens with one attached hydrogen (secondary N) is 1. The lowest BCUT2D eigenvalue weighted by molar-refractivity contribution is -0.0449. The number of anilines is 1. The Morgan fingerprint density at radius 3 is 3.04 bits per heavy atom. The lowest BCUT2D eigenvalue weighted by atomic mass is 9.88. The zero-order chi connectivity index (χ0) is 17.3. The van der Waals surface area contributed by atoms with E-state index in [9.17, 15) is 4.79 Å². The van der Waals surface area contributed by atoms with Gasteiger partial charge in [0.25, 0.3) is 5.91 Å². The summed E-state index contributed by atoms with van der Waals surface area (Å²) in [6.45, 7) is 2.12. The number of carbonyl (C=O) groups is 1. The van der Waals surface area contributed by atoms with Gasteiger partial charge in [-0.05, 0) is 37.1 Å². The van der Waals surface area contributed by atoms with E-state index in [0.29, 0.717) is 13.2 Å². The molecule has 1 spiro atoms. The fourth-order valence-electron chi connectivity index (χ4n) is 4.00. The molecule has 6 nitrogen and oxygen atoms in total. The summed E-state index contributed by atoms with van der Waals surface area (Å²) in [5.74, 6) is 0.969. The van der Waals surface area contributed by atoms with E-state index in [1.54, 1.807) is 6.20 Å². The van der Waals surface area contributed by atoms with Gasteiger partial charge in [-0.25, -0.2) is 4.98 Å². The first-order chi connectivity index (χ1) is 12.2. The molecule has 0 radical (unpaired) electrons. The van der Waals surface area contributed by atoms with Crippen LogP contribution in [0.3, 0.4) is 0 Å². The second-order valence-electron chi connectivity index (χ2n) is 7.09. The van der Waals surface area contributed by atoms with Gasteiger partial charge in [-0.2, -0.15) is 0 Å². The van der Waals surface area contributed by atoms with Gasteiger partial charge in [0.15, 0.2) is 0 Å². The first kappa shape index (κ1) is 16.1. The number of hydrogen-bond donors (Lipinski definition) is 1. The summed E-state index contributed by atoms with van der Waals surface area (Å²) in [6, 6.07) is 9.88. The number of amides is 1. The zero-order valence-corrected chi connectivity index (χ0v) is 14.5. The lowest BCUT2D eigenvalue weighted by Gasteiger charge is -2.39. The number of rotatable bonds is 3. The molecule has 0 bridgehead atoms. The molecule has 2 aliphatic rings. The van der Waals surface area contributed by atoms with Crippen molar-refractivity contribution in [2.24, 2.45) is 7.05 Å². The lowest BCUT2D eigenvalue weighted by Crippen LogP contribution is -2.50. The van der Waals surface area contributed by atoms with Crippen molar-refractivity contribution in [1.29, 1.82) is 0 Å². The van der Waals surface area contributed by atoms with E-state index < -0.39 is 0 Å². The van der Waals surface area contributed by atoms with Gasteiger partial charge in [0.2, 0.25) is 0 Å². The molecule has 132 valence electrons. The number of aryl methyl sites for hydroxylation is 1. The van der Waals surface area contributed by atoms with Crippen LogP contribution in [-0.4, -0.2) is 51.7 Å². The molecule has 0 aliphatic carbocycles. The maximum Gasteiger partial charge on any atom is 0.270 e. The topological polar surface area (TPSA) is 59.4 Å². The van der Waals surface area contributed by atoms with Gasteiger partial charge in [0.05, 0.1) is 24.8 Å². The number of carbonyl (C=O) groups excluding carboxylic acids is 1. The number of aromatic nitrogens is 2. The van der Waals surface area contributed by atoms with Gasteiger partial charge in [-0.1, -0.05) is 6.07 Å². The minimum Gasteiger partial charge on any atom is -0.371 e. The molecule has 2 fully saturated rings. The average molecular weight is 340 g/mol. The Balaban J connectivity index is 1.42. The molecule has 25 heavy (non-hydrogen) atoms. The molecule has 6 heteroatoms. The summed E-state index contributed by atoms with van der Waals surface area (Å²) < 4.78 is 8.08. The van der Waals surface area contributed by atoms with Crippen LogP contribution in [0.4, 0.5) is 5.82 Å². The molecule has 1 amide bonds. The Kier molecular flexibility index (Phi) is 4.21. The Bertz CT molecular complexity index is 745. The molecular weight excluding hydrogens is 316 g/mol. The third kappa shape index (κ3) is 3.26. The predicted molar refractivity (Wildman–Crippen MR) is 95.5 cm³/mol. The fourth-order valence-corrected chi connectivity index (χ4v) is 4.00. The molecule has 2 unspecified atom stereocenters. The summed E-state index contributed by atoms with van der Waals surface area (Å²) >= 11 is 0. The smallest absolute Gasteiger partial charge is 0.270 e. The molecule has 4 heterocycles. The van der Waals surface area contributed by atoms with E-state index in [4.69, 9.17) is 4.74 Å². The number of piperidine rings is 1. The van der Waals surface area contributed by atoms with Crippen molar-refractivity contribution >= 4 is 11.7 Å². The number of nitrogens with zero attached hydrogens (tertiary/aromatic N) is 3. The standard InChI is InChI=1S/C19H24N4O2/c1-22-10-4-6-16(22)18(24)23-11-5-8-19(14-23)12-15(13-25-19)21-17-7-2-3-9-20-17/h2-4,6-7,9-10,15H,5,8,11-14H2,1H3,(H,20,21). The Morgan fingerprint density at radius 2 is 2.28 bits per heavy atom. The van der Waals surface area contributed by atoms with Crippen LogP contribution in [0.1, 0.15) is 29.8 Å². The highest BCUT2D eigenvalue weighted by atomic mass is 16.5. The number of pyridine rings is 1. The summed E-state index contributed by atoms with van der Waals surface area (Å²) in [5.41, 5.74) is 0.504. The molecule has 0 aromatic carbocycles. The molecular formula is C19H24N4O2. The highest BCUT2D eigenvalue weighted by Gasteiger charge is 2.44. The number of ether oxygens (including phenoxy) is 1. The van der Waals surface area contributed by atoms with E-state index >= 15 is 0 Å². The Morgan fingerprint density at radius 1 is 1.36 bits per heavy atom. The van der Waals surface area contributed by atoms with E-state index in [1.807, 2.05) is 53.0 Å². The van der Waals surface area contributed by atoms with Gasteiger partial charge in [-0.3, -0.25) is 4.79 Å². The minimum absolute atomic E-state index is 0.0938. The average Bonchev–Trinajstić information content (AvgIpc) is 3.22. The van der Waals surface area contributed by atoms with Crippen LogP contribution in [0.5, 0.6) is 0 Å². The van der Waals surface area contributed by atoms with Gasteiger partial charge in [0, 0.05) is 32.4 Å². The first-order valence-corrected chi connectivity index (χ1v) is 8.87. The van der Waals surface area contributed by atoms with Crippen molar-refractivity contribution < 1.29 is 9.53 Å². The molecule has 0 saturated carbocycles. The van der Waals surface area contributed by atoms with Crippen molar-refractivity contribution in [3.63, 3.8) is 0 Å². The molecule has 2 saturated heterocycles. The summed E-state index contributed by atoms with van der Waals surface area (Å²) in [4.78, 5) is 19.1.